The van der Waals surface area contributed by atoms with Gasteiger partial charge in [-0.15, -0.1) is 0 Å². The predicted octanol–water partition coefficient (Wildman–Crippen LogP) is 4.48. The predicted molar refractivity (Wildman–Crippen MR) is 104 cm³/mol. The average Bonchev–Trinajstić information content (AvgIpc) is 3.04. The van der Waals surface area contributed by atoms with Gasteiger partial charge in [0.1, 0.15) is 0 Å². The van der Waals surface area contributed by atoms with Crippen LogP contribution in [0.4, 0.5) is 11.4 Å². The SMILES string of the molecule is O=C(Nc1cccc2ccccc12)C1CC(=O)N(c2cccc(Cl)c2)C1. The van der Waals surface area contributed by atoms with Crippen LogP contribution in [0.25, 0.3) is 10.8 Å². The molecule has 1 heterocycles. The Kier molecular flexibility index (Phi) is 4.35. The van der Waals surface area contributed by atoms with Crippen LogP contribution in [0.2, 0.25) is 5.02 Å². The summed E-state index contributed by atoms with van der Waals surface area (Å²) in [6, 6.07) is 20.8. The first kappa shape index (κ1) is 16.6. The Hall–Kier alpha value is -2.85. The molecule has 0 aliphatic carbocycles. The van der Waals surface area contributed by atoms with Crippen LogP contribution >= 0.6 is 11.6 Å². The highest BCUT2D eigenvalue weighted by Gasteiger charge is 2.35. The van der Waals surface area contributed by atoms with Crippen LogP contribution in [0, 0.1) is 5.92 Å². The Morgan fingerprint density at radius 2 is 1.81 bits per heavy atom. The summed E-state index contributed by atoms with van der Waals surface area (Å²) in [4.78, 5) is 26.7. The number of fused-ring (bicyclic) bond motifs is 1. The smallest absolute Gasteiger partial charge is 0.229 e. The van der Waals surface area contributed by atoms with E-state index in [-0.39, 0.29) is 24.2 Å². The zero-order valence-electron chi connectivity index (χ0n) is 14.0. The highest BCUT2D eigenvalue weighted by atomic mass is 35.5. The molecule has 1 atom stereocenters. The molecule has 1 saturated heterocycles. The van der Waals surface area contributed by atoms with Crippen molar-refractivity contribution in [3.05, 3.63) is 71.8 Å². The molecule has 4 rings (SSSR count). The summed E-state index contributed by atoms with van der Waals surface area (Å²) in [6.07, 6.45) is 0.198. The lowest BCUT2D eigenvalue weighted by molar-refractivity contribution is -0.122. The van der Waals surface area contributed by atoms with E-state index in [1.165, 1.54) is 0 Å². The van der Waals surface area contributed by atoms with Crippen molar-refractivity contribution in [2.45, 2.75) is 6.42 Å². The molecule has 0 saturated carbocycles. The van der Waals surface area contributed by atoms with Gasteiger partial charge in [0.05, 0.1) is 5.92 Å². The molecule has 5 heteroatoms. The number of carbonyl (C=O) groups is 2. The van der Waals surface area contributed by atoms with Gasteiger partial charge in [-0.2, -0.15) is 0 Å². The Morgan fingerprint density at radius 1 is 1.04 bits per heavy atom. The molecule has 130 valence electrons. The van der Waals surface area contributed by atoms with Crippen LogP contribution in [-0.4, -0.2) is 18.4 Å². The minimum atomic E-state index is -0.388. The number of carbonyl (C=O) groups excluding carboxylic acids is 2. The van der Waals surface area contributed by atoms with E-state index in [4.69, 9.17) is 11.6 Å². The third-order valence-corrected chi connectivity index (χ3v) is 4.90. The molecule has 0 spiro atoms. The first-order valence-electron chi connectivity index (χ1n) is 8.46. The van der Waals surface area contributed by atoms with Crippen LogP contribution in [0.3, 0.4) is 0 Å². The molecule has 3 aromatic rings. The van der Waals surface area contributed by atoms with E-state index in [1.54, 1.807) is 23.1 Å². The lowest BCUT2D eigenvalue weighted by Crippen LogP contribution is -2.28. The van der Waals surface area contributed by atoms with Gasteiger partial charge >= 0.3 is 0 Å². The summed E-state index contributed by atoms with van der Waals surface area (Å²) in [7, 11) is 0. The van der Waals surface area contributed by atoms with E-state index in [1.807, 2.05) is 48.5 Å². The normalized spacial score (nSPS) is 16.9. The number of halogens is 1. The molecule has 1 fully saturated rings. The molecule has 1 aliphatic rings. The van der Waals surface area contributed by atoms with Crippen molar-refractivity contribution in [3.8, 4) is 0 Å². The second-order valence-corrected chi connectivity index (χ2v) is 6.84. The molecule has 26 heavy (non-hydrogen) atoms. The van der Waals surface area contributed by atoms with Gasteiger partial charge in [-0.1, -0.05) is 54.1 Å². The number of rotatable bonds is 3. The van der Waals surface area contributed by atoms with Gasteiger partial charge in [-0.25, -0.2) is 0 Å². The number of nitrogens with one attached hydrogen (secondary N) is 1. The fourth-order valence-electron chi connectivity index (χ4n) is 3.35. The Morgan fingerprint density at radius 3 is 2.65 bits per heavy atom. The first-order chi connectivity index (χ1) is 12.6. The van der Waals surface area contributed by atoms with Crippen LogP contribution in [-0.2, 0) is 9.59 Å². The number of hydrogen-bond donors (Lipinski definition) is 1. The maximum Gasteiger partial charge on any atom is 0.229 e. The second-order valence-electron chi connectivity index (χ2n) is 6.40. The molecule has 1 aliphatic heterocycles. The lowest BCUT2D eigenvalue weighted by atomic mass is 10.1. The summed E-state index contributed by atoms with van der Waals surface area (Å²) < 4.78 is 0. The molecule has 0 aromatic heterocycles. The molecular weight excluding hydrogens is 348 g/mol. The maximum atomic E-state index is 12.7. The molecule has 0 bridgehead atoms. The van der Waals surface area contributed by atoms with Crippen molar-refractivity contribution in [2.75, 3.05) is 16.8 Å². The Bertz CT molecular complexity index is 997. The minimum Gasteiger partial charge on any atom is -0.325 e. The van der Waals surface area contributed by atoms with Crippen LogP contribution in [0.1, 0.15) is 6.42 Å². The van der Waals surface area contributed by atoms with Crippen molar-refractivity contribution in [1.29, 1.82) is 0 Å². The second kappa shape index (κ2) is 6.81. The van der Waals surface area contributed by atoms with E-state index in [0.717, 1.165) is 22.1 Å². The van der Waals surface area contributed by atoms with Gasteiger partial charge < -0.3 is 10.2 Å². The topological polar surface area (TPSA) is 49.4 Å². The van der Waals surface area contributed by atoms with Crippen LogP contribution in [0.15, 0.2) is 66.7 Å². The Labute approximate surface area is 156 Å². The van der Waals surface area contributed by atoms with Crippen molar-refractivity contribution in [2.24, 2.45) is 5.92 Å². The number of nitrogens with zero attached hydrogens (tertiary/aromatic N) is 1. The number of amides is 2. The summed E-state index contributed by atoms with van der Waals surface area (Å²) in [5, 5.41) is 5.60. The summed E-state index contributed by atoms with van der Waals surface area (Å²) >= 11 is 6.02. The fourth-order valence-corrected chi connectivity index (χ4v) is 3.53. The zero-order chi connectivity index (χ0) is 18.1. The number of hydrogen-bond acceptors (Lipinski definition) is 2. The summed E-state index contributed by atoms with van der Waals surface area (Å²) in [5.41, 5.74) is 1.49. The van der Waals surface area contributed by atoms with Crippen LogP contribution in [0.5, 0.6) is 0 Å². The summed E-state index contributed by atoms with van der Waals surface area (Å²) in [5.74, 6) is -0.593. The third-order valence-electron chi connectivity index (χ3n) is 4.66. The number of anilines is 2. The van der Waals surface area contributed by atoms with E-state index in [9.17, 15) is 9.59 Å². The van der Waals surface area contributed by atoms with Crippen LogP contribution < -0.4 is 10.2 Å². The largest absolute Gasteiger partial charge is 0.325 e. The standard InChI is InChI=1S/C21H17ClN2O2/c22-16-7-4-8-17(12-16)24-13-15(11-20(24)25)21(26)23-19-10-3-6-14-5-1-2-9-18(14)19/h1-10,12,15H,11,13H2,(H,23,26). The minimum absolute atomic E-state index is 0.0645. The van der Waals surface area contributed by atoms with Gasteiger partial charge in [-0.05, 0) is 29.7 Å². The van der Waals surface area contributed by atoms with Crippen molar-refractivity contribution < 1.29 is 9.59 Å². The molecule has 2 amide bonds. The van der Waals surface area contributed by atoms with E-state index in [0.29, 0.717) is 11.6 Å². The zero-order valence-corrected chi connectivity index (χ0v) is 14.7. The third kappa shape index (κ3) is 3.16. The average molecular weight is 365 g/mol. The molecule has 3 aromatic carbocycles. The first-order valence-corrected chi connectivity index (χ1v) is 8.84. The highest BCUT2D eigenvalue weighted by molar-refractivity contribution is 6.31. The van der Waals surface area contributed by atoms with Crippen molar-refractivity contribution in [3.63, 3.8) is 0 Å². The van der Waals surface area contributed by atoms with Gasteiger partial charge in [-0.3, -0.25) is 9.59 Å². The van der Waals surface area contributed by atoms with E-state index < -0.39 is 0 Å². The van der Waals surface area contributed by atoms with Crippen molar-refractivity contribution >= 4 is 45.6 Å². The van der Waals surface area contributed by atoms with Crippen molar-refractivity contribution in [1.82, 2.24) is 0 Å². The highest BCUT2D eigenvalue weighted by Crippen LogP contribution is 2.29. The quantitative estimate of drug-likeness (QED) is 0.744. The monoisotopic (exact) mass is 364 g/mol. The van der Waals surface area contributed by atoms with E-state index in [2.05, 4.69) is 5.32 Å². The Balaban J connectivity index is 1.53. The molecule has 0 radical (unpaired) electrons. The van der Waals surface area contributed by atoms with Gasteiger partial charge in [0.15, 0.2) is 0 Å². The molecule has 1 N–H and O–H groups in total. The van der Waals surface area contributed by atoms with Gasteiger partial charge in [0.25, 0.3) is 0 Å². The van der Waals surface area contributed by atoms with Gasteiger partial charge in [0.2, 0.25) is 11.8 Å². The molecule has 4 nitrogen and oxygen atoms in total. The van der Waals surface area contributed by atoms with E-state index >= 15 is 0 Å². The fraction of sp³-hybridized carbons (Fsp3) is 0.143. The lowest BCUT2D eigenvalue weighted by Gasteiger charge is -2.17. The van der Waals surface area contributed by atoms with Gasteiger partial charge in [0, 0.05) is 34.7 Å². The maximum absolute atomic E-state index is 12.7. The molecular formula is C21H17ClN2O2. The molecule has 1 unspecified atom stereocenters. The number of benzene rings is 3. The summed E-state index contributed by atoms with van der Waals surface area (Å²) in [6.45, 7) is 0.357.